The molecule has 3 heteroatoms. The lowest BCUT2D eigenvalue weighted by Crippen LogP contribution is -1.97. The number of hydrogen-bond donors (Lipinski definition) is 0. The second-order valence-corrected chi connectivity index (χ2v) is 5.69. The van der Waals surface area contributed by atoms with Gasteiger partial charge in [-0.05, 0) is 48.2 Å². The number of rotatable bonds is 3. The van der Waals surface area contributed by atoms with Crippen molar-refractivity contribution in [2.75, 3.05) is 0 Å². The van der Waals surface area contributed by atoms with E-state index in [1.165, 1.54) is 17.7 Å². The van der Waals surface area contributed by atoms with E-state index in [1.54, 1.807) is 6.07 Å². The Morgan fingerprint density at radius 1 is 1.22 bits per heavy atom. The number of halogens is 3. The number of benzene rings is 2. The molecule has 0 bridgehead atoms. The molecule has 0 aliphatic carbocycles. The summed E-state index contributed by atoms with van der Waals surface area (Å²) >= 11 is 9.87. The molecule has 0 saturated carbocycles. The van der Waals surface area contributed by atoms with E-state index >= 15 is 0 Å². The van der Waals surface area contributed by atoms with E-state index in [1.807, 2.05) is 31.2 Å². The molecule has 0 spiro atoms. The van der Waals surface area contributed by atoms with Crippen LogP contribution in [0.3, 0.4) is 0 Å². The lowest BCUT2D eigenvalue weighted by atomic mass is 10.0. The van der Waals surface area contributed by atoms with E-state index < -0.39 is 0 Å². The normalized spacial score (nSPS) is 12.4. The Kier molecular flexibility index (Phi) is 4.41. The Hall–Kier alpha value is -0.860. The van der Waals surface area contributed by atoms with Gasteiger partial charge in [0.05, 0.1) is 5.38 Å². The molecule has 18 heavy (non-hydrogen) atoms. The minimum absolute atomic E-state index is 0.149. The van der Waals surface area contributed by atoms with Gasteiger partial charge in [-0.15, -0.1) is 11.6 Å². The van der Waals surface area contributed by atoms with Gasteiger partial charge in [-0.25, -0.2) is 4.39 Å². The summed E-state index contributed by atoms with van der Waals surface area (Å²) in [6.07, 6.45) is 0.620. The first-order chi connectivity index (χ1) is 8.56. The predicted molar refractivity (Wildman–Crippen MR) is 77.6 cm³/mol. The summed E-state index contributed by atoms with van der Waals surface area (Å²) in [4.78, 5) is 0. The van der Waals surface area contributed by atoms with Crippen molar-refractivity contribution in [3.63, 3.8) is 0 Å². The fraction of sp³-hybridized carbons (Fsp3) is 0.200. The van der Waals surface area contributed by atoms with Gasteiger partial charge in [0.25, 0.3) is 0 Å². The summed E-state index contributed by atoms with van der Waals surface area (Å²) in [7, 11) is 0. The molecule has 0 nitrogen and oxygen atoms in total. The van der Waals surface area contributed by atoms with E-state index in [9.17, 15) is 4.39 Å². The van der Waals surface area contributed by atoms with Crippen LogP contribution in [-0.4, -0.2) is 0 Å². The minimum atomic E-state index is -0.221. The number of hydrogen-bond acceptors (Lipinski definition) is 0. The largest absolute Gasteiger partial charge is 0.207 e. The maximum atomic E-state index is 13.1. The lowest BCUT2D eigenvalue weighted by Gasteiger charge is -2.11. The maximum absolute atomic E-state index is 13.1. The van der Waals surface area contributed by atoms with Gasteiger partial charge >= 0.3 is 0 Å². The summed E-state index contributed by atoms with van der Waals surface area (Å²) in [5, 5.41) is -0.149. The number of alkyl halides is 1. The van der Waals surface area contributed by atoms with Gasteiger partial charge in [-0.3, -0.25) is 0 Å². The SMILES string of the molecule is Cc1ccc(C(Cl)Cc2cccc(F)c2)cc1Br. The highest BCUT2D eigenvalue weighted by Gasteiger charge is 2.10. The first-order valence-corrected chi connectivity index (χ1v) is 6.94. The van der Waals surface area contributed by atoms with Crippen molar-refractivity contribution in [3.8, 4) is 0 Å². The monoisotopic (exact) mass is 326 g/mol. The third-order valence-corrected chi connectivity index (χ3v) is 4.12. The van der Waals surface area contributed by atoms with E-state index in [2.05, 4.69) is 15.9 Å². The highest BCUT2D eigenvalue weighted by molar-refractivity contribution is 9.10. The highest BCUT2D eigenvalue weighted by atomic mass is 79.9. The Morgan fingerprint density at radius 2 is 2.00 bits per heavy atom. The molecule has 2 aromatic carbocycles. The molecular formula is C15H13BrClF. The van der Waals surface area contributed by atoms with E-state index in [0.717, 1.165) is 15.6 Å². The molecule has 0 amide bonds. The summed E-state index contributed by atoms with van der Waals surface area (Å²) < 4.78 is 14.1. The molecule has 0 N–H and O–H groups in total. The Labute approximate surface area is 120 Å². The standard InChI is InChI=1S/C15H13BrClF/c1-10-5-6-12(9-14(10)16)15(17)8-11-3-2-4-13(18)7-11/h2-7,9,15H,8H2,1H3. The van der Waals surface area contributed by atoms with Crippen molar-refractivity contribution in [1.82, 2.24) is 0 Å². The Balaban J connectivity index is 2.16. The third kappa shape index (κ3) is 3.33. The van der Waals surface area contributed by atoms with Crippen LogP contribution in [0, 0.1) is 12.7 Å². The third-order valence-electron chi connectivity index (χ3n) is 2.86. The van der Waals surface area contributed by atoms with Crippen LogP contribution in [0.25, 0.3) is 0 Å². The van der Waals surface area contributed by atoms with Crippen molar-refractivity contribution in [3.05, 3.63) is 69.4 Å². The average molecular weight is 328 g/mol. The summed E-state index contributed by atoms with van der Waals surface area (Å²) in [5.74, 6) is -0.221. The van der Waals surface area contributed by atoms with Crippen LogP contribution in [0.15, 0.2) is 46.9 Å². The minimum Gasteiger partial charge on any atom is -0.207 e. The molecule has 0 aliphatic rings. The van der Waals surface area contributed by atoms with Gasteiger partial charge in [-0.1, -0.05) is 40.2 Å². The van der Waals surface area contributed by atoms with Gasteiger partial charge in [0, 0.05) is 4.47 Å². The van der Waals surface area contributed by atoms with Crippen LogP contribution in [-0.2, 0) is 6.42 Å². The van der Waals surface area contributed by atoms with Gasteiger partial charge < -0.3 is 0 Å². The van der Waals surface area contributed by atoms with Gasteiger partial charge in [-0.2, -0.15) is 0 Å². The van der Waals surface area contributed by atoms with Crippen molar-refractivity contribution in [1.29, 1.82) is 0 Å². The molecule has 0 fully saturated rings. The van der Waals surface area contributed by atoms with Crippen molar-refractivity contribution >= 4 is 27.5 Å². The van der Waals surface area contributed by atoms with Crippen LogP contribution in [0.1, 0.15) is 22.1 Å². The molecule has 0 aromatic heterocycles. The van der Waals surface area contributed by atoms with Gasteiger partial charge in [0.15, 0.2) is 0 Å². The molecule has 1 atom stereocenters. The Morgan fingerprint density at radius 3 is 2.67 bits per heavy atom. The van der Waals surface area contributed by atoms with Gasteiger partial charge in [0.1, 0.15) is 5.82 Å². The zero-order chi connectivity index (χ0) is 13.1. The fourth-order valence-corrected chi connectivity index (χ4v) is 2.50. The topological polar surface area (TPSA) is 0 Å². The van der Waals surface area contributed by atoms with Crippen LogP contribution in [0.4, 0.5) is 4.39 Å². The second-order valence-electron chi connectivity index (χ2n) is 4.31. The van der Waals surface area contributed by atoms with Gasteiger partial charge in [0.2, 0.25) is 0 Å². The zero-order valence-corrected chi connectivity index (χ0v) is 12.3. The summed E-state index contributed by atoms with van der Waals surface area (Å²) in [5.41, 5.74) is 3.12. The molecule has 2 aromatic rings. The molecular weight excluding hydrogens is 315 g/mol. The molecule has 94 valence electrons. The molecule has 1 unspecified atom stereocenters. The van der Waals surface area contributed by atoms with Crippen LogP contribution in [0.5, 0.6) is 0 Å². The highest BCUT2D eigenvalue weighted by Crippen LogP contribution is 2.28. The summed E-state index contributed by atoms with van der Waals surface area (Å²) in [6.45, 7) is 2.03. The molecule has 0 heterocycles. The van der Waals surface area contributed by atoms with E-state index in [0.29, 0.717) is 6.42 Å². The first-order valence-electron chi connectivity index (χ1n) is 5.71. The molecule has 0 saturated heterocycles. The second kappa shape index (κ2) is 5.85. The zero-order valence-electron chi connectivity index (χ0n) is 9.96. The van der Waals surface area contributed by atoms with Crippen molar-refractivity contribution in [2.45, 2.75) is 18.7 Å². The molecule has 0 aliphatic heterocycles. The van der Waals surface area contributed by atoms with Crippen LogP contribution in [0.2, 0.25) is 0 Å². The lowest BCUT2D eigenvalue weighted by molar-refractivity contribution is 0.625. The first kappa shape index (κ1) is 13.6. The van der Waals surface area contributed by atoms with Crippen molar-refractivity contribution in [2.24, 2.45) is 0 Å². The molecule has 2 rings (SSSR count). The van der Waals surface area contributed by atoms with Crippen LogP contribution >= 0.6 is 27.5 Å². The average Bonchev–Trinajstić information content (AvgIpc) is 2.32. The number of aryl methyl sites for hydroxylation is 1. The fourth-order valence-electron chi connectivity index (χ4n) is 1.79. The summed E-state index contributed by atoms with van der Waals surface area (Å²) in [6, 6.07) is 12.6. The quantitative estimate of drug-likeness (QED) is 0.660. The van der Waals surface area contributed by atoms with Crippen molar-refractivity contribution < 1.29 is 4.39 Å². The smallest absolute Gasteiger partial charge is 0.123 e. The Bertz CT molecular complexity index is 554. The molecule has 0 radical (unpaired) electrons. The predicted octanol–water partition coefficient (Wildman–Crippen LogP) is 5.42. The van der Waals surface area contributed by atoms with E-state index in [-0.39, 0.29) is 11.2 Å². The van der Waals surface area contributed by atoms with E-state index in [4.69, 9.17) is 11.6 Å². The maximum Gasteiger partial charge on any atom is 0.123 e. The van der Waals surface area contributed by atoms with Crippen LogP contribution < -0.4 is 0 Å².